The van der Waals surface area contributed by atoms with Crippen LogP contribution in [0.2, 0.25) is 0 Å². The van der Waals surface area contributed by atoms with Crippen molar-refractivity contribution in [2.24, 2.45) is 5.73 Å². The van der Waals surface area contributed by atoms with Gasteiger partial charge in [0.05, 0.1) is 0 Å². The van der Waals surface area contributed by atoms with Crippen molar-refractivity contribution in [3.8, 4) is 0 Å². The highest BCUT2D eigenvalue weighted by molar-refractivity contribution is 5.25. The molecule has 0 aliphatic carbocycles. The van der Waals surface area contributed by atoms with Crippen LogP contribution in [-0.2, 0) is 6.42 Å². The largest absolute Gasteiger partial charge is 0.349 e. The quantitative estimate of drug-likeness (QED) is 0.820. The first kappa shape index (κ1) is 10.8. The molecule has 16 heavy (non-hydrogen) atoms. The van der Waals surface area contributed by atoms with Crippen molar-refractivity contribution in [3.63, 3.8) is 0 Å². The molecule has 3 N–H and O–H groups in total. The summed E-state index contributed by atoms with van der Waals surface area (Å²) in [5, 5.41) is 0. The second-order valence-electron chi connectivity index (χ2n) is 3.97. The lowest BCUT2D eigenvalue weighted by Gasteiger charge is -2.13. The number of aromatic amines is 1. The molecular formula is C12H16N4. The topological polar surface area (TPSA) is 67.6 Å². The molecule has 84 valence electrons. The van der Waals surface area contributed by atoms with Gasteiger partial charge < -0.3 is 10.7 Å². The summed E-state index contributed by atoms with van der Waals surface area (Å²) in [6.07, 6.45) is 4.25. The van der Waals surface area contributed by atoms with Crippen LogP contribution < -0.4 is 5.73 Å². The summed E-state index contributed by atoms with van der Waals surface area (Å²) in [6, 6.07) is 3.98. The fraction of sp³-hybridized carbons (Fsp3) is 0.333. The Hall–Kier alpha value is -1.68. The Kier molecular flexibility index (Phi) is 3.01. The van der Waals surface area contributed by atoms with Gasteiger partial charge in [-0.25, -0.2) is 4.98 Å². The zero-order valence-electron chi connectivity index (χ0n) is 9.57. The van der Waals surface area contributed by atoms with Crippen LogP contribution in [0.4, 0.5) is 0 Å². The molecule has 0 aliphatic rings. The predicted molar refractivity (Wildman–Crippen MR) is 62.9 cm³/mol. The molecule has 0 saturated carbocycles. The van der Waals surface area contributed by atoms with Crippen LogP contribution in [0.15, 0.2) is 24.5 Å². The number of nitrogens with one attached hydrogen (secondary N) is 1. The Labute approximate surface area is 94.9 Å². The summed E-state index contributed by atoms with van der Waals surface area (Å²) < 4.78 is 0. The molecule has 1 unspecified atom stereocenters. The lowest BCUT2D eigenvalue weighted by molar-refractivity contribution is 0.684. The van der Waals surface area contributed by atoms with Gasteiger partial charge in [0.15, 0.2) is 0 Å². The molecule has 0 aromatic carbocycles. The van der Waals surface area contributed by atoms with Crippen LogP contribution in [0.5, 0.6) is 0 Å². The average Bonchev–Trinajstić information content (AvgIpc) is 2.70. The van der Waals surface area contributed by atoms with Gasteiger partial charge in [-0.05, 0) is 25.5 Å². The Morgan fingerprint density at radius 3 is 2.81 bits per heavy atom. The summed E-state index contributed by atoms with van der Waals surface area (Å²) in [5.41, 5.74) is 9.24. The van der Waals surface area contributed by atoms with Crippen LogP contribution in [0.3, 0.4) is 0 Å². The highest BCUT2D eigenvalue weighted by Crippen LogP contribution is 2.17. The van der Waals surface area contributed by atoms with Gasteiger partial charge in [0, 0.05) is 36.2 Å². The van der Waals surface area contributed by atoms with E-state index in [4.69, 9.17) is 5.73 Å². The third-order valence-corrected chi connectivity index (χ3v) is 2.63. The Morgan fingerprint density at radius 2 is 2.19 bits per heavy atom. The molecule has 0 saturated heterocycles. The van der Waals surface area contributed by atoms with Crippen molar-refractivity contribution in [1.82, 2.24) is 15.0 Å². The van der Waals surface area contributed by atoms with E-state index in [0.717, 1.165) is 22.8 Å². The summed E-state index contributed by atoms with van der Waals surface area (Å²) >= 11 is 0. The third kappa shape index (κ3) is 2.28. The first-order chi connectivity index (χ1) is 7.66. The minimum absolute atomic E-state index is 0.0563. The molecule has 4 nitrogen and oxygen atoms in total. The lowest BCUT2D eigenvalue weighted by Crippen LogP contribution is -2.16. The number of hydrogen-bond donors (Lipinski definition) is 2. The average molecular weight is 216 g/mol. The first-order valence-corrected chi connectivity index (χ1v) is 5.35. The van der Waals surface area contributed by atoms with Crippen molar-refractivity contribution < 1.29 is 0 Å². The molecule has 0 bridgehead atoms. The number of rotatable bonds is 3. The maximum Gasteiger partial charge on any atom is 0.107 e. The minimum Gasteiger partial charge on any atom is -0.349 e. The van der Waals surface area contributed by atoms with Crippen LogP contribution in [0.1, 0.15) is 28.8 Å². The molecule has 0 amide bonds. The second-order valence-corrected chi connectivity index (χ2v) is 3.97. The number of nitrogens with zero attached hydrogens (tertiary/aromatic N) is 2. The first-order valence-electron chi connectivity index (χ1n) is 5.35. The van der Waals surface area contributed by atoms with Crippen molar-refractivity contribution in [2.45, 2.75) is 26.3 Å². The van der Waals surface area contributed by atoms with E-state index in [-0.39, 0.29) is 6.04 Å². The van der Waals surface area contributed by atoms with E-state index in [1.54, 1.807) is 6.20 Å². The van der Waals surface area contributed by atoms with Crippen LogP contribution in [0.25, 0.3) is 0 Å². The van der Waals surface area contributed by atoms with Gasteiger partial charge in [0.1, 0.15) is 5.82 Å². The van der Waals surface area contributed by atoms with Gasteiger partial charge in [0.2, 0.25) is 0 Å². The third-order valence-electron chi connectivity index (χ3n) is 2.63. The van der Waals surface area contributed by atoms with Crippen LogP contribution in [-0.4, -0.2) is 15.0 Å². The second kappa shape index (κ2) is 4.45. The van der Waals surface area contributed by atoms with Gasteiger partial charge in [-0.3, -0.25) is 4.98 Å². The number of aromatic nitrogens is 3. The smallest absolute Gasteiger partial charge is 0.107 e. The molecule has 4 heteroatoms. The van der Waals surface area contributed by atoms with E-state index in [9.17, 15) is 0 Å². The van der Waals surface area contributed by atoms with E-state index >= 15 is 0 Å². The highest BCUT2D eigenvalue weighted by atomic mass is 14.9. The van der Waals surface area contributed by atoms with Gasteiger partial charge >= 0.3 is 0 Å². The van der Waals surface area contributed by atoms with E-state index < -0.39 is 0 Å². The predicted octanol–water partition coefficient (Wildman–Crippen LogP) is 1.66. The fourth-order valence-corrected chi connectivity index (χ4v) is 1.82. The van der Waals surface area contributed by atoms with Crippen molar-refractivity contribution >= 4 is 0 Å². The molecule has 2 heterocycles. The minimum atomic E-state index is -0.0563. The van der Waals surface area contributed by atoms with Crippen molar-refractivity contribution in [3.05, 3.63) is 47.3 Å². The van der Waals surface area contributed by atoms with E-state index in [0.29, 0.717) is 6.42 Å². The molecule has 0 aliphatic heterocycles. The maximum absolute atomic E-state index is 6.14. The van der Waals surface area contributed by atoms with E-state index in [1.807, 2.05) is 32.2 Å². The summed E-state index contributed by atoms with van der Waals surface area (Å²) in [4.78, 5) is 11.6. The maximum atomic E-state index is 6.14. The Morgan fingerprint density at radius 1 is 1.38 bits per heavy atom. The van der Waals surface area contributed by atoms with E-state index in [1.165, 1.54) is 0 Å². The van der Waals surface area contributed by atoms with Crippen LogP contribution >= 0.6 is 0 Å². The number of imidazole rings is 1. The molecule has 2 rings (SSSR count). The number of hydrogen-bond acceptors (Lipinski definition) is 3. The van der Waals surface area contributed by atoms with Crippen LogP contribution in [0, 0.1) is 13.8 Å². The number of nitrogens with two attached hydrogens (primary N) is 1. The zero-order valence-corrected chi connectivity index (χ0v) is 9.57. The van der Waals surface area contributed by atoms with Gasteiger partial charge in [-0.2, -0.15) is 0 Å². The molecule has 0 radical (unpaired) electrons. The molecule has 1 atom stereocenters. The van der Waals surface area contributed by atoms with E-state index in [2.05, 4.69) is 15.0 Å². The SMILES string of the molecule is Cc1ccc(C(N)Cc2ncc[nH]2)c(C)n1. The normalized spacial score (nSPS) is 12.7. The summed E-state index contributed by atoms with van der Waals surface area (Å²) in [6.45, 7) is 3.97. The lowest BCUT2D eigenvalue weighted by atomic mass is 10.0. The molecular weight excluding hydrogens is 200 g/mol. The van der Waals surface area contributed by atoms with Gasteiger partial charge in [-0.15, -0.1) is 0 Å². The molecule has 0 fully saturated rings. The number of H-pyrrole nitrogens is 1. The van der Waals surface area contributed by atoms with Crippen molar-refractivity contribution in [2.75, 3.05) is 0 Å². The van der Waals surface area contributed by atoms with Gasteiger partial charge in [-0.1, -0.05) is 6.07 Å². The fourth-order valence-electron chi connectivity index (χ4n) is 1.82. The molecule has 2 aromatic rings. The summed E-state index contributed by atoms with van der Waals surface area (Å²) in [5.74, 6) is 0.910. The standard InChI is InChI=1S/C12H16N4/c1-8-3-4-10(9(2)16-8)11(13)7-12-14-5-6-15-12/h3-6,11H,7,13H2,1-2H3,(H,14,15). The highest BCUT2D eigenvalue weighted by Gasteiger charge is 2.11. The number of aryl methyl sites for hydroxylation is 2. The zero-order chi connectivity index (χ0) is 11.5. The van der Waals surface area contributed by atoms with Crippen molar-refractivity contribution in [1.29, 1.82) is 0 Å². The molecule has 2 aromatic heterocycles. The Balaban J connectivity index is 2.17. The molecule has 0 spiro atoms. The Bertz CT molecular complexity index is 462. The summed E-state index contributed by atoms with van der Waals surface area (Å²) in [7, 11) is 0. The van der Waals surface area contributed by atoms with Gasteiger partial charge in [0.25, 0.3) is 0 Å². The number of pyridine rings is 1. The monoisotopic (exact) mass is 216 g/mol.